The number of hydrogen-bond acceptors (Lipinski definition) is 8. The summed E-state index contributed by atoms with van der Waals surface area (Å²) in [5.74, 6) is -1.82. The first-order valence-corrected chi connectivity index (χ1v) is 11.4. The van der Waals surface area contributed by atoms with Crippen molar-refractivity contribution in [3.63, 3.8) is 0 Å². The molecule has 2 aliphatic heterocycles. The van der Waals surface area contributed by atoms with Crippen molar-refractivity contribution in [3.05, 3.63) is 52.3 Å². The van der Waals surface area contributed by atoms with E-state index in [4.69, 9.17) is 0 Å². The average Bonchev–Trinajstić information content (AvgIpc) is 3.20. The van der Waals surface area contributed by atoms with Gasteiger partial charge in [0.15, 0.2) is 0 Å². The lowest BCUT2D eigenvalue weighted by Gasteiger charge is -2.51. The van der Waals surface area contributed by atoms with Crippen molar-refractivity contribution >= 4 is 52.6 Å². The number of thioether (sulfide) groups is 2. The van der Waals surface area contributed by atoms with E-state index in [1.54, 1.807) is 18.6 Å². The largest absolute Gasteiger partial charge is 0.477 e. The Hall–Kier alpha value is -2.37. The van der Waals surface area contributed by atoms with Gasteiger partial charge in [0.05, 0.1) is 6.20 Å². The Labute approximate surface area is 178 Å². The highest BCUT2D eigenvalue weighted by Gasteiger charge is 2.56. The number of carboxylic acid groups (broad SMARTS) is 1. The molecule has 1 saturated heterocycles. The van der Waals surface area contributed by atoms with E-state index in [1.807, 2.05) is 17.5 Å². The molecule has 0 aromatic carbocycles. The molecule has 0 spiro atoms. The van der Waals surface area contributed by atoms with Crippen LogP contribution in [0, 0.1) is 0 Å². The molecule has 0 aliphatic carbocycles. The molecule has 0 bridgehead atoms. The van der Waals surface area contributed by atoms with E-state index in [0.717, 1.165) is 4.88 Å². The van der Waals surface area contributed by atoms with Gasteiger partial charge in [-0.3, -0.25) is 19.5 Å². The van der Waals surface area contributed by atoms with Crippen LogP contribution in [0.5, 0.6) is 0 Å². The number of fused-ring (bicyclic) bond motifs is 1. The van der Waals surface area contributed by atoms with Crippen LogP contribution in [0.2, 0.25) is 0 Å². The lowest BCUT2D eigenvalue weighted by atomic mass is 9.94. The first-order chi connectivity index (χ1) is 14.0. The first kappa shape index (κ1) is 19.9. The number of nitrogens with one attached hydrogen (secondary N) is 1. The number of carboxylic acids is 1. The fourth-order valence-corrected chi connectivity index (χ4v) is 6.81. The molecule has 2 N–H and O–H groups in total. The van der Waals surface area contributed by atoms with Crippen LogP contribution in [0.4, 0.5) is 0 Å². The third-order valence-electron chi connectivity index (χ3n) is 4.48. The Kier molecular flexibility index (Phi) is 5.61. The Morgan fingerprint density at radius 3 is 2.83 bits per heavy atom. The van der Waals surface area contributed by atoms with Crippen LogP contribution in [0.15, 0.2) is 52.4 Å². The highest BCUT2D eigenvalue weighted by Crippen LogP contribution is 2.51. The van der Waals surface area contributed by atoms with E-state index in [2.05, 4.69) is 15.3 Å². The Morgan fingerprint density at radius 1 is 1.38 bits per heavy atom. The van der Waals surface area contributed by atoms with E-state index in [-0.39, 0.29) is 28.6 Å². The van der Waals surface area contributed by atoms with E-state index in [9.17, 15) is 19.5 Å². The second-order valence-electron chi connectivity index (χ2n) is 6.32. The summed E-state index contributed by atoms with van der Waals surface area (Å²) in [7, 11) is 0. The lowest BCUT2D eigenvalue weighted by molar-refractivity contribution is -0.148. The Morgan fingerprint density at radius 2 is 2.21 bits per heavy atom. The predicted octanol–water partition coefficient (Wildman–Crippen LogP) is 2.13. The van der Waals surface area contributed by atoms with Crippen molar-refractivity contribution in [1.82, 2.24) is 20.2 Å². The SMILES string of the molecule is CC(=O)NC1S[C@@H]2C(c3cccs3)C(=O)N2C(C(=O)O)=C1CSc1cnccn1. The molecule has 29 heavy (non-hydrogen) atoms. The Bertz CT molecular complexity index is 980. The predicted molar refractivity (Wildman–Crippen MR) is 110 cm³/mol. The van der Waals surface area contributed by atoms with Gasteiger partial charge in [0.2, 0.25) is 11.8 Å². The maximum Gasteiger partial charge on any atom is 0.352 e. The zero-order valence-corrected chi connectivity index (χ0v) is 17.6. The van der Waals surface area contributed by atoms with Crippen molar-refractivity contribution in [2.75, 3.05) is 5.75 Å². The van der Waals surface area contributed by atoms with Gasteiger partial charge in [-0.05, 0) is 11.4 Å². The van der Waals surface area contributed by atoms with Gasteiger partial charge in [0.25, 0.3) is 0 Å². The summed E-state index contributed by atoms with van der Waals surface area (Å²) >= 11 is 4.17. The number of nitrogens with zero attached hydrogens (tertiary/aromatic N) is 3. The van der Waals surface area contributed by atoms with Crippen molar-refractivity contribution < 1.29 is 19.5 Å². The number of amides is 2. The summed E-state index contributed by atoms with van der Waals surface area (Å²) in [4.78, 5) is 47.2. The van der Waals surface area contributed by atoms with Crippen LogP contribution in [-0.4, -0.2) is 54.3 Å². The third kappa shape index (κ3) is 3.77. The molecule has 4 rings (SSSR count). The second kappa shape index (κ2) is 8.17. The molecule has 3 atom stereocenters. The van der Waals surface area contributed by atoms with E-state index >= 15 is 0 Å². The van der Waals surface area contributed by atoms with Gasteiger partial charge < -0.3 is 10.4 Å². The highest BCUT2D eigenvalue weighted by atomic mass is 32.2. The number of thiophene rings is 1. The minimum absolute atomic E-state index is 0.0540. The monoisotopic (exact) mass is 448 g/mol. The number of hydrogen-bond donors (Lipinski definition) is 2. The summed E-state index contributed by atoms with van der Waals surface area (Å²) in [6.45, 7) is 1.39. The number of β-lactam (4-membered cyclic amide) rings is 1. The van der Waals surface area contributed by atoms with Crippen LogP contribution in [0.25, 0.3) is 0 Å². The first-order valence-electron chi connectivity index (χ1n) is 8.61. The number of aromatic nitrogens is 2. The van der Waals surface area contributed by atoms with Crippen LogP contribution in [0.3, 0.4) is 0 Å². The average molecular weight is 449 g/mol. The van der Waals surface area contributed by atoms with E-state index in [1.165, 1.54) is 46.7 Å². The number of carbonyl (C=O) groups is 3. The lowest BCUT2D eigenvalue weighted by Crippen LogP contribution is -2.62. The van der Waals surface area contributed by atoms with Gasteiger partial charge in [-0.1, -0.05) is 6.07 Å². The maximum atomic E-state index is 12.9. The van der Waals surface area contributed by atoms with Gasteiger partial charge in [-0.15, -0.1) is 34.9 Å². The van der Waals surface area contributed by atoms with Gasteiger partial charge in [0.1, 0.15) is 27.4 Å². The van der Waals surface area contributed by atoms with Gasteiger partial charge >= 0.3 is 5.97 Å². The molecule has 11 heteroatoms. The van der Waals surface area contributed by atoms with Gasteiger partial charge in [-0.2, -0.15) is 0 Å². The van der Waals surface area contributed by atoms with Crippen LogP contribution >= 0.6 is 34.9 Å². The molecule has 150 valence electrons. The fourth-order valence-electron chi connectivity index (χ4n) is 3.27. The number of aliphatic carboxylic acids is 1. The van der Waals surface area contributed by atoms with Crippen molar-refractivity contribution in [1.29, 1.82) is 0 Å². The fraction of sp³-hybridized carbons (Fsp3) is 0.278. The summed E-state index contributed by atoms with van der Waals surface area (Å²) in [5, 5.41) is 14.4. The molecule has 2 unspecified atom stereocenters. The molecule has 2 aromatic heterocycles. The van der Waals surface area contributed by atoms with E-state index < -0.39 is 17.3 Å². The van der Waals surface area contributed by atoms with Crippen LogP contribution in [0.1, 0.15) is 17.7 Å². The molecule has 8 nitrogen and oxygen atoms in total. The molecular weight excluding hydrogens is 432 g/mol. The topological polar surface area (TPSA) is 112 Å². The minimum Gasteiger partial charge on any atom is -0.477 e. The third-order valence-corrected chi connectivity index (χ3v) is 7.84. The smallest absolute Gasteiger partial charge is 0.352 e. The number of carbonyl (C=O) groups excluding carboxylic acids is 2. The molecule has 4 heterocycles. The molecule has 0 saturated carbocycles. The normalized spacial score (nSPS) is 23.4. The van der Waals surface area contributed by atoms with Crippen molar-refractivity contribution in [2.24, 2.45) is 0 Å². The zero-order valence-electron chi connectivity index (χ0n) is 15.1. The van der Waals surface area contributed by atoms with Gasteiger partial charge in [0, 0.05) is 35.5 Å². The van der Waals surface area contributed by atoms with Crippen molar-refractivity contribution in [3.8, 4) is 0 Å². The molecule has 2 aromatic rings. The Balaban J connectivity index is 1.69. The summed E-state index contributed by atoms with van der Waals surface area (Å²) in [5.41, 5.74) is 0.421. The van der Waals surface area contributed by atoms with Crippen LogP contribution < -0.4 is 5.32 Å². The molecular formula is C18H16N4O4S3. The zero-order chi connectivity index (χ0) is 20.5. The minimum atomic E-state index is -1.18. The van der Waals surface area contributed by atoms with Crippen molar-refractivity contribution in [2.45, 2.75) is 28.6 Å². The number of rotatable bonds is 6. The molecule has 2 aliphatic rings. The molecule has 1 fully saturated rings. The standard InChI is InChI=1S/C18H16N4O4S3/c1-9(23)21-15-10(8-28-12-7-19-4-5-20-12)14(18(25)26)22-16(24)13(17(22)29-15)11-3-2-6-27-11/h2-7,13,15,17H,8H2,1H3,(H,21,23)(H,25,26)/t13?,15?,17-/m1/s1. The maximum absolute atomic E-state index is 12.9. The molecule has 2 amide bonds. The summed E-state index contributed by atoms with van der Waals surface area (Å²) < 4.78 is 0. The van der Waals surface area contributed by atoms with Crippen LogP contribution in [-0.2, 0) is 14.4 Å². The van der Waals surface area contributed by atoms with Gasteiger partial charge in [-0.25, -0.2) is 9.78 Å². The van der Waals surface area contributed by atoms with E-state index in [0.29, 0.717) is 10.6 Å². The second-order valence-corrected chi connectivity index (χ2v) is 9.52. The summed E-state index contributed by atoms with van der Waals surface area (Å²) in [6, 6.07) is 3.74. The quantitative estimate of drug-likeness (QED) is 0.511. The highest BCUT2D eigenvalue weighted by molar-refractivity contribution is 8.01. The summed E-state index contributed by atoms with van der Waals surface area (Å²) in [6.07, 6.45) is 4.69. The molecule has 0 radical (unpaired) electrons.